The first kappa shape index (κ1) is 38.7. The Balaban J connectivity index is 1.76. The molecule has 0 aliphatic carbocycles. The molecule has 14 heteroatoms. The van der Waals surface area contributed by atoms with Gasteiger partial charge in [-0.15, -0.1) is 0 Å². The summed E-state index contributed by atoms with van der Waals surface area (Å²) in [5.74, 6) is -1.57. The minimum atomic E-state index is -1.80. The Kier molecular flexibility index (Phi) is 12.2. The second-order valence-electron chi connectivity index (χ2n) is 13.5. The van der Waals surface area contributed by atoms with E-state index < -0.39 is 59.8 Å². The molecule has 2 N–H and O–H groups in total. The number of likely N-dealkylation sites (N-methyl/N-ethyl adjacent to an activating group) is 1. The lowest BCUT2D eigenvalue weighted by Gasteiger charge is -2.42. The molecule has 3 aliphatic rings. The lowest BCUT2D eigenvalue weighted by atomic mass is 9.83. The molecule has 0 spiro atoms. The fourth-order valence-electron chi connectivity index (χ4n) is 6.53. The van der Waals surface area contributed by atoms with Gasteiger partial charge in [-0.2, -0.15) is 12.6 Å². The van der Waals surface area contributed by atoms with Gasteiger partial charge in [0.2, 0.25) is 11.8 Å². The maximum absolute atomic E-state index is 14.0. The number of carbonyl (C=O) groups is 4. The minimum Gasteiger partial charge on any atom is -0.457 e. The van der Waals surface area contributed by atoms with Crippen molar-refractivity contribution in [2.24, 2.45) is 5.92 Å². The molecule has 2 fully saturated rings. The van der Waals surface area contributed by atoms with Crippen molar-refractivity contribution in [1.29, 1.82) is 0 Å². The molecule has 3 amide bonds. The molecule has 3 aliphatic heterocycles. The van der Waals surface area contributed by atoms with Gasteiger partial charge < -0.3 is 33.9 Å². The number of alkyl carbamates (subject to hydrolysis) is 1. The summed E-state index contributed by atoms with van der Waals surface area (Å²) in [6, 6.07) is 2.85. The smallest absolute Gasteiger partial charge is 0.409 e. The van der Waals surface area contributed by atoms with Crippen LogP contribution in [-0.4, -0.2) is 103 Å². The zero-order valence-corrected chi connectivity index (χ0v) is 31.0. The summed E-state index contributed by atoms with van der Waals surface area (Å²) in [7, 11) is 4.56. The second-order valence-corrected chi connectivity index (χ2v) is 14.3. The molecule has 12 nitrogen and oxygen atoms in total. The molecule has 4 rings (SSSR count). The van der Waals surface area contributed by atoms with Crippen molar-refractivity contribution in [3.8, 4) is 0 Å². The van der Waals surface area contributed by atoms with Gasteiger partial charge in [-0.05, 0) is 57.1 Å². The SMILES string of the molecule is COC1/C=C/C=C(\C)Cc2cc(C)c(Cl)c(c2)N(C)C(=O)CC(OC(=O)C(C)N(C)C(=O)CCS)C2(C)OC2C(C)C2CC1(O)NC(=O)O2. The average molecular weight is 722 g/mol. The minimum absolute atomic E-state index is 0.0355. The number of nitrogens with one attached hydrogen (secondary N) is 1. The van der Waals surface area contributed by atoms with Gasteiger partial charge in [0.25, 0.3) is 0 Å². The number of epoxide rings is 1. The number of ether oxygens (including phenoxy) is 4. The largest absolute Gasteiger partial charge is 0.457 e. The lowest BCUT2D eigenvalue weighted by molar-refractivity contribution is -0.161. The van der Waals surface area contributed by atoms with E-state index in [-0.39, 0.29) is 31.1 Å². The van der Waals surface area contributed by atoms with Crippen LogP contribution in [0.4, 0.5) is 10.5 Å². The highest BCUT2D eigenvalue weighted by Gasteiger charge is 2.64. The van der Waals surface area contributed by atoms with Crippen LogP contribution in [0.5, 0.6) is 0 Å². The number of rotatable bonds is 6. The number of aliphatic hydroxyl groups is 1. The highest BCUT2D eigenvalue weighted by atomic mass is 35.5. The third kappa shape index (κ3) is 8.45. The normalized spacial score (nSPS) is 32.8. The molecular weight excluding hydrogens is 674 g/mol. The number of hydrogen-bond acceptors (Lipinski definition) is 10. The standard InChI is InChI=1S/C35H48ClN3O9S/c1-19-10-9-11-26(45-8)35(44)18-25(46-33(43)37-35)21(3)31-34(5,48-31)27(47-32(42)22(4)38(6)28(40)12-13-49)17-29(41)39(7)24-16-23(14-19)15-20(2)30(24)36/h9-11,15-16,21-22,25-27,31,44,49H,12-14,17-18H2,1-8H3,(H,37,43)/b11-9+,19-10+. The number of allylic oxidation sites excluding steroid dienone is 3. The van der Waals surface area contributed by atoms with E-state index in [2.05, 4.69) is 17.9 Å². The molecule has 0 saturated carbocycles. The van der Waals surface area contributed by atoms with E-state index in [1.54, 1.807) is 40.0 Å². The third-order valence-corrected chi connectivity index (χ3v) is 10.6. The number of halogens is 1. The van der Waals surface area contributed by atoms with Gasteiger partial charge in [-0.25, -0.2) is 9.59 Å². The van der Waals surface area contributed by atoms with E-state index in [1.807, 2.05) is 32.1 Å². The zero-order chi connectivity index (χ0) is 36.4. The molecule has 2 saturated heterocycles. The fraction of sp³-hybridized carbons (Fsp3) is 0.600. The summed E-state index contributed by atoms with van der Waals surface area (Å²) in [6.07, 6.45) is 1.39. The number of benzene rings is 1. The number of nitrogens with zero attached hydrogens (tertiary/aromatic N) is 2. The van der Waals surface area contributed by atoms with Crippen LogP contribution < -0.4 is 10.2 Å². The number of carbonyl (C=O) groups excluding carboxylic acids is 4. The number of methoxy groups -OCH3 is 1. The van der Waals surface area contributed by atoms with Crippen LogP contribution in [0.3, 0.4) is 0 Å². The topological polar surface area (TPSA) is 147 Å². The van der Waals surface area contributed by atoms with Crippen LogP contribution in [0, 0.1) is 12.8 Å². The molecule has 3 heterocycles. The zero-order valence-electron chi connectivity index (χ0n) is 29.3. The van der Waals surface area contributed by atoms with Crippen LogP contribution in [0.15, 0.2) is 35.9 Å². The van der Waals surface area contributed by atoms with Crippen molar-refractivity contribution in [1.82, 2.24) is 10.2 Å². The Morgan fingerprint density at radius 2 is 1.98 bits per heavy atom. The first-order valence-corrected chi connectivity index (χ1v) is 17.3. The van der Waals surface area contributed by atoms with Crippen molar-refractivity contribution in [3.63, 3.8) is 0 Å². The molecule has 0 aromatic heterocycles. The number of amides is 3. The Morgan fingerprint density at radius 3 is 2.63 bits per heavy atom. The second kappa shape index (κ2) is 15.4. The van der Waals surface area contributed by atoms with Gasteiger partial charge in [0, 0.05) is 40.0 Å². The van der Waals surface area contributed by atoms with Crippen LogP contribution in [0.25, 0.3) is 0 Å². The number of fused-ring (bicyclic) bond motifs is 5. The third-order valence-electron chi connectivity index (χ3n) is 9.85. The number of thiol groups is 1. The average Bonchev–Trinajstić information content (AvgIpc) is 3.74. The van der Waals surface area contributed by atoms with Gasteiger partial charge in [-0.3, -0.25) is 14.9 Å². The summed E-state index contributed by atoms with van der Waals surface area (Å²) >= 11 is 10.9. The quantitative estimate of drug-likeness (QED) is 0.224. The van der Waals surface area contributed by atoms with E-state index in [1.165, 1.54) is 24.0 Å². The van der Waals surface area contributed by atoms with Crippen LogP contribution in [0.2, 0.25) is 5.02 Å². The van der Waals surface area contributed by atoms with E-state index in [0.717, 1.165) is 16.7 Å². The van der Waals surface area contributed by atoms with Gasteiger partial charge in [0.1, 0.15) is 30.0 Å². The molecule has 1 aromatic rings. The van der Waals surface area contributed by atoms with Gasteiger partial charge in [-0.1, -0.05) is 48.4 Å². The molecule has 49 heavy (non-hydrogen) atoms. The van der Waals surface area contributed by atoms with E-state index in [9.17, 15) is 24.3 Å². The molecule has 4 bridgehead atoms. The lowest BCUT2D eigenvalue weighted by Crippen LogP contribution is -2.63. The van der Waals surface area contributed by atoms with Crippen molar-refractivity contribution in [3.05, 3.63) is 52.1 Å². The fourth-order valence-corrected chi connectivity index (χ4v) is 6.95. The summed E-state index contributed by atoms with van der Waals surface area (Å²) < 4.78 is 23.5. The van der Waals surface area contributed by atoms with Crippen molar-refractivity contribution in [2.75, 3.05) is 31.9 Å². The molecule has 8 unspecified atom stereocenters. The number of aryl methyl sites for hydroxylation is 1. The summed E-state index contributed by atoms with van der Waals surface area (Å²) in [5, 5.41) is 14.6. The number of hydrogen-bond donors (Lipinski definition) is 3. The highest BCUT2D eigenvalue weighted by Crippen LogP contribution is 2.49. The van der Waals surface area contributed by atoms with E-state index in [0.29, 0.717) is 22.9 Å². The van der Waals surface area contributed by atoms with Crippen molar-refractivity contribution in [2.45, 2.75) is 102 Å². The van der Waals surface area contributed by atoms with E-state index >= 15 is 0 Å². The molecule has 1 aromatic carbocycles. The predicted molar refractivity (Wildman–Crippen MR) is 188 cm³/mol. The number of esters is 1. The Hall–Kier alpha value is -3.10. The van der Waals surface area contributed by atoms with Gasteiger partial charge >= 0.3 is 12.1 Å². The summed E-state index contributed by atoms with van der Waals surface area (Å²) in [4.78, 5) is 55.6. The highest BCUT2D eigenvalue weighted by molar-refractivity contribution is 7.80. The summed E-state index contributed by atoms with van der Waals surface area (Å²) in [6.45, 7) is 8.89. The monoisotopic (exact) mass is 721 g/mol. The maximum Gasteiger partial charge on any atom is 0.409 e. The Labute approximate surface area is 298 Å². The molecule has 270 valence electrons. The van der Waals surface area contributed by atoms with E-state index in [4.69, 9.17) is 30.5 Å². The molecule has 0 radical (unpaired) electrons. The summed E-state index contributed by atoms with van der Waals surface area (Å²) in [5.41, 5.74) is 0.185. The molecular formula is C35H48ClN3O9S. The maximum atomic E-state index is 14.0. The van der Waals surface area contributed by atoms with Crippen LogP contribution >= 0.6 is 24.2 Å². The van der Waals surface area contributed by atoms with Crippen molar-refractivity contribution >= 4 is 53.8 Å². The van der Waals surface area contributed by atoms with Gasteiger partial charge in [0.05, 0.1) is 23.2 Å². The Morgan fingerprint density at radius 1 is 1.29 bits per heavy atom. The first-order chi connectivity index (χ1) is 22.9. The predicted octanol–water partition coefficient (Wildman–Crippen LogP) is 4.13. The Bertz CT molecular complexity index is 1520. The van der Waals surface area contributed by atoms with Crippen LogP contribution in [-0.2, 0) is 39.8 Å². The number of anilines is 1. The van der Waals surface area contributed by atoms with Crippen molar-refractivity contribution < 1.29 is 43.2 Å². The first-order valence-electron chi connectivity index (χ1n) is 16.3. The molecule has 8 atom stereocenters. The van der Waals surface area contributed by atoms with Gasteiger partial charge in [0.15, 0.2) is 5.72 Å². The van der Waals surface area contributed by atoms with Crippen LogP contribution in [0.1, 0.15) is 58.1 Å².